The number of carbonyl (C=O) groups is 2. The maximum atomic E-state index is 13.1. The number of nitrogens with one attached hydrogen (secondary N) is 1. The Kier molecular flexibility index (Phi) is 3.90. The Hall–Kier alpha value is -1.82. The molecule has 1 N–H and O–H groups in total. The molecule has 2 unspecified atom stereocenters. The molecular formula is C13H16FN3O2. The van der Waals surface area contributed by atoms with Crippen molar-refractivity contribution in [2.45, 2.75) is 31.8 Å². The molecule has 1 fully saturated rings. The molecule has 5 nitrogen and oxygen atoms in total. The van der Waals surface area contributed by atoms with Gasteiger partial charge in [0.2, 0.25) is 11.8 Å². The smallest absolute Gasteiger partial charge is 0.246 e. The van der Waals surface area contributed by atoms with E-state index in [1.54, 1.807) is 6.20 Å². The standard InChI is InChI=1S/C13H16FN3O2/c1-8(9-5-10(14)7-15-6-9)16-11-3-4-12(18)17(2)13(11)19/h5-8,11,16H,3-4H2,1-2H3. The molecule has 1 aliphatic rings. The van der Waals surface area contributed by atoms with Gasteiger partial charge in [0.25, 0.3) is 0 Å². The van der Waals surface area contributed by atoms with E-state index in [9.17, 15) is 14.0 Å². The number of nitrogens with zero attached hydrogens (tertiary/aromatic N) is 2. The van der Waals surface area contributed by atoms with Crippen LogP contribution >= 0.6 is 0 Å². The molecule has 19 heavy (non-hydrogen) atoms. The predicted octanol–water partition coefficient (Wildman–Crippen LogP) is 1.02. The maximum absolute atomic E-state index is 13.1. The van der Waals surface area contributed by atoms with E-state index < -0.39 is 11.9 Å². The van der Waals surface area contributed by atoms with Crippen LogP contribution in [-0.2, 0) is 9.59 Å². The van der Waals surface area contributed by atoms with Crippen LogP contribution in [0.4, 0.5) is 4.39 Å². The van der Waals surface area contributed by atoms with Crippen molar-refractivity contribution in [3.8, 4) is 0 Å². The van der Waals surface area contributed by atoms with E-state index >= 15 is 0 Å². The summed E-state index contributed by atoms with van der Waals surface area (Å²) in [6, 6.07) is 0.757. The summed E-state index contributed by atoms with van der Waals surface area (Å²) in [4.78, 5) is 28.2. The third-order valence-corrected chi connectivity index (χ3v) is 3.33. The second-order valence-electron chi connectivity index (χ2n) is 4.71. The number of imide groups is 1. The number of aromatic nitrogens is 1. The third kappa shape index (κ3) is 2.96. The van der Waals surface area contributed by atoms with E-state index in [2.05, 4.69) is 10.3 Å². The number of rotatable bonds is 3. The van der Waals surface area contributed by atoms with Crippen molar-refractivity contribution in [1.29, 1.82) is 0 Å². The molecule has 1 aromatic heterocycles. The summed E-state index contributed by atoms with van der Waals surface area (Å²) in [5.41, 5.74) is 0.673. The van der Waals surface area contributed by atoms with Gasteiger partial charge in [-0.25, -0.2) is 4.39 Å². The number of carbonyl (C=O) groups excluding carboxylic acids is 2. The minimum absolute atomic E-state index is 0.164. The number of hydrogen-bond donors (Lipinski definition) is 1. The van der Waals surface area contributed by atoms with Crippen molar-refractivity contribution < 1.29 is 14.0 Å². The first-order chi connectivity index (χ1) is 8.99. The number of hydrogen-bond acceptors (Lipinski definition) is 4. The fourth-order valence-electron chi connectivity index (χ4n) is 2.13. The van der Waals surface area contributed by atoms with E-state index in [1.165, 1.54) is 13.1 Å². The Labute approximate surface area is 110 Å². The van der Waals surface area contributed by atoms with Crippen LogP contribution in [0.15, 0.2) is 18.5 Å². The van der Waals surface area contributed by atoms with Crippen LogP contribution in [0.2, 0.25) is 0 Å². The molecule has 0 radical (unpaired) electrons. The van der Waals surface area contributed by atoms with E-state index in [1.807, 2.05) is 6.92 Å². The lowest BCUT2D eigenvalue weighted by molar-refractivity contribution is -0.148. The Bertz CT molecular complexity index is 506. The van der Waals surface area contributed by atoms with Gasteiger partial charge >= 0.3 is 0 Å². The summed E-state index contributed by atoms with van der Waals surface area (Å²) in [5.74, 6) is -0.816. The van der Waals surface area contributed by atoms with Crippen molar-refractivity contribution in [3.05, 3.63) is 29.8 Å². The molecule has 0 bridgehead atoms. The van der Waals surface area contributed by atoms with Crippen molar-refractivity contribution in [2.24, 2.45) is 0 Å². The normalized spacial score (nSPS) is 21.6. The molecule has 102 valence electrons. The molecule has 1 aromatic rings. The highest BCUT2D eigenvalue weighted by molar-refractivity contribution is 6.00. The van der Waals surface area contributed by atoms with Crippen molar-refractivity contribution in [3.63, 3.8) is 0 Å². The summed E-state index contributed by atoms with van der Waals surface area (Å²) < 4.78 is 13.1. The monoisotopic (exact) mass is 265 g/mol. The minimum Gasteiger partial charge on any atom is -0.299 e. The van der Waals surface area contributed by atoms with Crippen molar-refractivity contribution in [1.82, 2.24) is 15.2 Å². The molecule has 2 heterocycles. The van der Waals surface area contributed by atoms with Gasteiger partial charge in [0.05, 0.1) is 12.2 Å². The largest absolute Gasteiger partial charge is 0.299 e. The number of amides is 2. The number of pyridine rings is 1. The lowest BCUT2D eigenvalue weighted by atomic mass is 10.0. The molecular weight excluding hydrogens is 249 g/mol. The van der Waals surface area contributed by atoms with Crippen molar-refractivity contribution in [2.75, 3.05) is 7.05 Å². The Morgan fingerprint density at radius 3 is 2.89 bits per heavy atom. The predicted molar refractivity (Wildman–Crippen MR) is 66.5 cm³/mol. The van der Waals surface area contributed by atoms with Gasteiger partial charge in [-0.2, -0.15) is 0 Å². The lowest BCUT2D eigenvalue weighted by Gasteiger charge is -2.30. The van der Waals surface area contributed by atoms with E-state index in [0.717, 1.165) is 11.1 Å². The summed E-state index contributed by atoms with van der Waals surface area (Å²) in [6.45, 7) is 1.83. The Morgan fingerprint density at radius 1 is 1.47 bits per heavy atom. The first-order valence-corrected chi connectivity index (χ1v) is 6.16. The zero-order valence-electron chi connectivity index (χ0n) is 10.9. The summed E-state index contributed by atoms with van der Waals surface area (Å²) >= 11 is 0. The molecule has 0 aliphatic carbocycles. The molecule has 2 rings (SSSR count). The molecule has 0 spiro atoms. The topological polar surface area (TPSA) is 62.3 Å². The van der Waals surface area contributed by atoms with Gasteiger partial charge < -0.3 is 0 Å². The Morgan fingerprint density at radius 2 is 2.21 bits per heavy atom. The molecule has 1 aliphatic heterocycles. The number of piperidine rings is 1. The average Bonchev–Trinajstić information content (AvgIpc) is 2.39. The first-order valence-electron chi connectivity index (χ1n) is 6.16. The van der Waals surface area contributed by atoms with Crippen LogP contribution in [0.1, 0.15) is 31.4 Å². The average molecular weight is 265 g/mol. The fraction of sp³-hybridized carbons (Fsp3) is 0.462. The van der Waals surface area contributed by atoms with Crippen LogP contribution in [0, 0.1) is 5.82 Å². The molecule has 0 aromatic carbocycles. The summed E-state index contributed by atoms with van der Waals surface area (Å²) in [5, 5.41) is 3.11. The zero-order valence-corrected chi connectivity index (χ0v) is 10.9. The van der Waals surface area contributed by atoms with Gasteiger partial charge in [0.15, 0.2) is 0 Å². The summed E-state index contributed by atoms with van der Waals surface area (Å²) in [6.07, 6.45) is 3.50. The number of halogens is 1. The van der Waals surface area contributed by atoms with E-state index in [4.69, 9.17) is 0 Å². The summed E-state index contributed by atoms with van der Waals surface area (Å²) in [7, 11) is 1.48. The van der Waals surface area contributed by atoms with Gasteiger partial charge in [0, 0.05) is 25.7 Å². The molecule has 1 saturated heterocycles. The highest BCUT2D eigenvalue weighted by Gasteiger charge is 2.32. The first kappa shape index (κ1) is 13.6. The van der Waals surface area contributed by atoms with Crippen LogP contribution in [-0.4, -0.2) is 34.8 Å². The highest BCUT2D eigenvalue weighted by atomic mass is 19.1. The van der Waals surface area contributed by atoms with Gasteiger partial charge in [-0.15, -0.1) is 0 Å². The molecule has 6 heteroatoms. The minimum atomic E-state index is -0.416. The van der Waals surface area contributed by atoms with Crippen molar-refractivity contribution >= 4 is 11.8 Å². The number of likely N-dealkylation sites (N-methyl/N-ethyl adjacent to an activating group) is 1. The van der Waals surface area contributed by atoms with Crippen LogP contribution in [0.3, 0.4) is 0 Å². The third-order valence-electron chi connectivity index (χ3n) is 3.33. The highest BCUT2D eigenvalue weighted by Crippen LogP contribution is 2.17. The van der Waals surface area contributed by atoms with Gasteiger partial charge in [-0.05, 0) is 25.0 Å². The van der Waals surface area contributed by atoms with Crippen LogP contribution < -0.4 is 5.32 Å². The molecule has 2 atom stereocenters. The lowest BCUT2D eigenvalue weighted by Crippen LogP contribution is -2.51. The zero-order chi connectivity index (χ0) is 14.0. The number of likely N-dealkylation sites (tertiary alicyclic amines) is 1. The van der Waals surface area contributed by atoms with Gasteiger partial charge in [0.1, 0.15) is 5.82 Å². The van der Waals surface area contributed by atoms with E-state index in [0.29, 0.717) is 18.4 Å². The SMILES string of the molecule is CC(NC1CCC(=O)N(C)C1=O)c1cncc(F)c1. The second-order valence-corrected chi connectivity index (χ2v) is 4.71. The van der Waals surface area contributed by atoms with Crippen LogP contribution in [0.25, 0.3) is 0 Å². The van der Waals surface area contributed by atoms with Gasteiger partial charge in [-0.3, -0.25) is 24.8 Å². The molecule has 0 saturated carbocycles. The fourth-order valence-corrected chi connectivity index (χ4v) is 2.13. The van der Waals surface area contributed by atoms with E-state index in [-0.39, 0.29) is 17.9 Å². The molecule has 2 amide bonds. The maximum Gasteiger partial charge on any atom is 0.246 e. The van der Waals surface area contributed by atoms with Gasteiger partial charge in [-0.1, -0.05) is 0 Å². The van der Waals surface area contributed by atoms with Crippen LogP contribution in [0.5, 0.6) is 0 Å². The Balaban J connectivity index is 2.05. The second kappa shape index (κ2) is 5.44. The quantitative estimate of drug-likeness (QED) is 0.829.